The maximum atomic E-state index is 5.64. The van der Waals surface area contributed by atoms with Gasteiger partial charge in [-0.2, -0.15) is 0 Å². The summed E-state index contributed by atoms with van der Waals surface area (Å²) < 4.78 is 5.64. The van der Waals surface area contributed by atoms with Crippen molar-refractivity contribution in [3.05, 3.63) is 60.7 Å². The van der Waals surface area contributed by atoms with Crippen molar-refractivity contribution in [3.63, 3.8) is 0 Å². The van der Waals surface area contributed by atoms with Gasteiger partial charge >= 0.3 is 0 Å². The maximum absolute atomic E-state index is 5.64. The maximum Gasteiger partial charge on any atom is 0.138 e. The molecule has 0 N–H and O–H groups in total. The van der Waals surface area contributed by atoms with Gasteiger partial charge in [0, 0.05) is 4.90 Å². The molecule has 0 amide bonds. The molecule has 0 fully saturated rings. The van der Waals surface area contributed by atoms with Crippen molar-refractivity contribution in [1.82, 2.24) is 0 Å². The van der Waals surface area contributed by atoms with Crippen molar-refractivity contribution in [2.24, 2.45) is 0 Å². The highest BCUT2D eigenvalue weighted by atomic mass is 32.8. The van der Waals surface area contributed by atoms with Gasteiger partial charge in [0.2, 0.25) is 0 Å². The van der Waals surface area contributed by atoms with Crippen LogP contribution in [0.4, 0.5) is 0 Å². The smallest absolute Gasteiger partial charge is 0.138 e. The van der Waals surface area contributed by atoms with Gasteiger partial charge in [0.25, 0.3) is 0 Å². The third kappa shape index (κ3) is 2.88. The molecule has 0 radical (unpaired) electrons. The topological polar surface area (TPSA) is 9.23 Å². The fourth-order valence-electron chi connectivity index (χ4n) is 1.14. The third-order valence-corrected chi connectivity index (χ3v) is 3.63. The second kappa shape index (κ2) is 5.05. The molecular weight excluding hydrogens is 224 g/mol. The summed E-state index contributed by atoms with van der Waals surface area (Å²) in [6.45, 7) is 0. The Morgan fingerprint density at radius 1 is 0.800 bits per heavy atom. The van der Waals surface area contributed by atoms with Crippen molar-refractivity contribution < 1.29 is 4.18 Å². The number of para-hydroxylation sites is 1. The molecule has 15 heavy (non-hydrogen) atoms. The second-order valence-corrected chi connectivity index (χ2v) is 4.96. The lowest BCUT2D eigenvalue weighted by Gasteiger charge is -2.06. The first-order chi connectivity index (χ1) is 7.36. The zero-order valence-electron chi connectivity index (χ0n) is 8.00. The Morgan fingerprint density at radius 2 is 1.33 bits per heavy atom. The molecule has 1 atom stereocenters. The Bertz CT molecular complexity index is 440. The summed E-state index contributed by atoms with van der Waals surface area (Å²) in [6.07, 6.45) is 0. The van der Waals surface area contributed by atoms with Crippen LogP contribution in [0.3, 0.4) is 0 Å². The van der Waals surface area contributed by atoms with E-state index in [2.05, 4.69) is 0 Å². The van der Waals surface area contributed by atoms with E-state index >= 15 is 0 Å². The fraction of sp³-hybridized carbons (Fsp3) is 0. The van der Waals surface area contributed by atoms with Crippen molar-refractivity contribution >= 4 is 20.9 Å². The highest BCUT2D eigenvalue weighted by Crippen LogP contribution is 2.14. The minimum Gasteiger partial charge on any atom is -0.419 e. The van der Waals surface area contributed by atoms with Crippen molar-refractivity contribution in [3.8, 4) is 5.75 Å². The molecule has 1 unspecified atom stereocenters. The average Bonchev–Trinajstić information content (AvgIpc) is 2.31. The highest BCUT2D eigenvalue weighted by Gasteiger charge is 2.00. The quantitative estimate of drug-likeness (QED) is 0.807. The Hall–Kier alpha value is -1.19. The van der Waals surface area contributed by atoms with E-state index in [0.717, 1.165) is 10.6 Å². The zero-order valence-corrected chi connectivity index (χ0v) is 9.63. The predicted octanol–water partition coefficient (Wildman–Crippen LogP) is 3.12. The second-order valence-electron chi connectivity index (χ2n) is 2.94. The molecule has 2 aromatic rings. The van der Waals surface area contributed by atoms with E-state index in [1.807, 2.05) is 60.7 Å². The molecule has 0 saturated heterocycles. The van der Waals surface area contributed by atoms with E-state index in [9.17, 15) is 0 Å². The van der Waals surface area contributed by atoms with Gasteiger partial charge in [-0.25, -0.2) is 0 Å². The van der Waals surface area contributed by atoms with E-state index in [4.69, 9.17) is 15.4 Å². The predicted molar refractivity (Wildman–Crippen MR) is 66.5 cm³/mol. The van der Waals surface area contributed by atoms with Gasteiger partial charge in [-0.15, -0.1) is 0 Å². The zero-order chi connectivity index (χ0) is 10.5. The molecule has 0 aromatic heterocycles. The van der Waals surface area contributed by atoms with Crippen LogP contribution in [0, 0.1) is 0 Å². The summed E-state index contributed by atoms with van der Waals surface area (Å²) in [5, 5.41) is 0. The van der Waals surface area contributed by atoms with Crippen LogP contribution in [0.15, 0.2) is 65.6 Å². The van der Waals surface area contributed by atoms with Gasteiger partial charge in [0.15, 0.2) is 0 Å². The Labute approximate surface area is 96.5 Å². The monoisotopic (exact) mass is 234 g/mol. The first-order valence-corrected chi connectivity index (χ1v) is 6.64. The average molecular weight is 234 g/mol. The van der Waals surface area contributed by atoms with Gasteiger partial charge in [0.05, 0.1) is 9.74 Å². The molecule has 2 aromatic carbocycles. The van der Waals surface area contributed by atoms with Crippen LogP contribution in [0.1, 0.15) is 0 Å². The van der Waals surface area contributed by atoms with Gasteiger partial charge in [0.1, 0.15) is 5.75 Å². The van der Waals surface area contributed by atoms with Gasteiger partial charge in [-0.05, 0) is 35.5 Å². The van der Waals surface area contributed by atoms with Crippen LogP contribution in [0.2, 0.25) is 0 Å². The summed E-state index contributed by atoms with van der Waals surface area (Å²) in [4.78, 5) is 1.04. The molecule has 0 aliphatic heterocycles. The van der Waals surface area contributed by atoms with E-state index in [0.29, 0.717) is 0 Å². The number of hydrogen-bond acceptors (Lipinski definition) is 2. The number of rotatable bonds is 3. The first-order valence-electron chi connectivity index (χ1n) is 4.56. The SMILES string of the molecule is S=S(Oc1ccccc1)c1ccccc1. The van der Waals surface area contributed by atoms with Crippen LogP contribution >= 0.6 is 0 Å². The molecule has 0 aliphatic carbocycles. The molecule has 3 heteroatoms. The van der Waals surface area contributed by atoms with E-state index in [-0.39, 0.29) is 0 Å². The molecule has 0 heterocycles. The fourth-order valence-corrected chi connectivity index (χ4v) is 2.47. The summed E-state index contributed by atoms with van der Waals surface area (Å²) in [5.41, 5.74) is 0. The molecule has 0 saturated carbocycles. The largest absolute Gasteiger partial charge is 0.419 e. The van der Waals surface area contributed by atoms with Crippen LogP contribution in [0.25, 0.3) is 0 Å². The molecule has 0 aliphatic rings. The van der Waals surface area contributed by atoms with Gasteiger partial charge < -0.3 is 4.18 Å². The normalized spacial score (nSPS) is 12.0. The Kier molecular flexibility index (Phi) is 3.48. The van der Waals surface area contributed by atoms with Crippen LogP contribution < -0.4 is 4.18 Å². The lowest BCUT2D eigenvalue weighted by molar-refractivity contribution is 0.639. The van der Waals surface area contributed by atoms with Crippen LogP contribution in [-0.4, -0.2) is 0 Å². The summed E-state index contributed by atoms with van der Waals surface area (Å²) in [6, 6.07) is 19.5. The molecule has 76 valence electrons. The summed E-state index contributed by atoms with van der Waals surface area (Å²) in [7, 11) is -0.601. The number of hydrogen-bond donors (Lipinski definition) is 0. The molecule has 2 rings (SSSR count). The van der Waals surface area contributed by atoms with Crippen LogP contribution in [-0.2, 0) is 20.9 Å². The Morgan fingerprint density at radius 3 is 1.93 bits per heavy atom. The Balaban J connectivity index is 2.12. The summed E-state index contributed by atoms with van der Waals surface area (Å²) in [5.74, 6) is 0.819. The van der Waals surface area contributed by atoms with Gasteiger partial charge in [-0.3, -0.25) is 0 Å². The lowest BCUT2D eigenvalue weighted by atomic mass is 10.3. The minimum atomic E-state index is -0.601. The minimum absolute atomic E-state index is 0.601. The van der Waals surface area contributed by atoms with Crippen molar-refractivity contribution in [2.45, 2.75) is 4.90 Å². The van der Waals surface area contributed by atoms with Crippen molar-refractivity contribution in [1.29, 1.82) is 0 Å². The third-order valence-electron chi connectivity index (χ3n) is 1.85. The molecule has 1 nitrogen and oxygen atoms in total. The molecule has 0 bridgehead atoms. The van der Waals surface area contributed by atoms with Crippen molar-refractivity contribution in [2.75, 3.05) is 0 Å². The lowest BCUT2D eigenvalue weighted by Crippen LogP contribution is -1.98. The van der Waals surface area contributed by atoms with Crippen LogP contribution in [0.5, 0.6) is 5.75 Å². The standard InChI is InChI=1S/C12H10OS2/c14-15(12-9-5-2-6-10-12)13-11-7-3-1-4-8-11/h1-10H. The van der Waals surface area contributed by atoms with E-state index in [1.54, 1.807) is 0 Å². The molecular formula is C12H10OS2. The summed E-state index contributed by atoms with van der Waals surface area (Å²) >= 11 is 5.29. The van der Waals surface area contributed by atoms with Gasteiger partial charge in [-0.1, -0.05) is 36.4 Å². The molecule has 0 spiro atoms. The van der Waals surface area contributed by atoms with E-state index in [1.165, 1.54) is 0 Å². The highest BCUT2D eigenvalue weighted by molar-refractivity contribution is 8.26. The van der Waals surface area contributed by atoms with E-state index < -0.39 is 9.74 Å². The number of benzene rings is 2. The first kappa shape index (κ1) is 10.3.